The van der Waals surface area contributed by atoms with Crippen molar-refractivity contribution in [2.75, 3.05) is 6.61 Å². The van der Waals surface area contributed by atoms with Gasteiger partial charge in [0.25, 0.3) is 0 Å². The Balaban J connectivity index is 1.80. The first-order valence-corrected chi connectivity index (χ1v) is 7.19. The Morgan fingerprint density at radius 2 is 2.20 bits per heavy atom. The molecule has 0 radical (unpaired) electrons. The molecule has 4 heteroatoms. The molecule has 1 fully saturated rings. The van der Waals surface area contributed by atoms with Crippen molar-refractivity contribution in [1.82, 2.24) is 9.78 Å². The van der Waals surface area contributed by atoms with Crippen LogP contribution in [0.1, 0.15) is 31.4 Å². The fraction of sp³-hybridized carbons (Fsp3) is 0.438. The molecule has 0 amide bonds. The van der Waals surface area contributed by atoms with Gasteiger partial charge in [-0.3, -0.25) is 0 Å². The first-order valence-electron chi connectivity index (χ1n) is 7.19. The van der Waals surface area contributed by atoms with Gasteiger partial charge < -0.3 is 9.84 Å². The van der Waals surface area contributed by atoms with Gasteiger partial charge >= 0.3 is 0 Å². The van der Waals surface area contributed by atoms with E-state index >= 15 is 0 Å². The van der Waals surface area contributed by atoms with Crippen LogP contribution in [0.15, 0.2) is 42.7 Å². The molecule has 0 spiro atoms. The molecule has 2 heterocycles. The lowest BCUT2D eigenvalue weighted by molar-refractivity contribution is 0.0307. The van der Waals surface area contributed by atoms with Gasteiger partial charge in [-0.2, -0.15) is 5.10 Å². The van der Waals surface area contributed by atoms with Crippen molar-refractivity contribution in [3.05, 3.63) is 48.3 Å². The number of aromatic nitrogens is 2. The third-order valence-corrected chi connectivity index (χ3v) is 4.03. The first kappa shape index (κ1) is 13.3. The van der Waals surface area contributed by atoms with Crippen LogP contribution in [0.3, 0.4) is 0 Å². The highest BCUT2D eigenvalue weighted by Gasteiger charge is 2.34. The topological polar surface area (TPSA) is 47.3 Å². The lowest BCUT2D eigenvalue weighted by atomic mass is 9.90. The molecule has 1 aliphatic rings. The summed E-state index contributed by atoms with van der Waals surface area (Å²) in [5, 5.41) is 14.9. The van der Waals surface area contributed by atoms with Gasteiger partial charge in [-0.15, -0.1) is 0 Å². The number of hydrogen-bond donors (Lipinski definition) is 1. The largest absolute Gasteiger partial charge is 0.388 e. The summed E-state index contributed by atoms with van der Waals surface area (Å²) in [6, 6.07) is 9.92. The second kappa shape index (κ2) is 5.77. The molecule has 2 aromatic rings. The molecule has 1 N–H and O–H groups in total. The lowest BCUT2D eigenvalue weighted by Gasteiger charge is -2.21. The zero-order chi connectivity index (χ0) is 13.9. The minimum Gasteiger partial charge on any atom is -0.388 e. The summed E-state index contributed by atoms with van der Waals surface area (Å²) in [6.07, 6.45) is 5.17. The van der Waals surface area contributed by atoms with E-state index in [4.69, 9.17) is 4.74 Å². The highest BCUT2D eigenvalue weighted by molar-refractivity contribution is 5.31. The summed E-state index contributed by atoms with van der Waals surface area (Å²) in [6.45, 7) is 2.84. The summed E-state index contributed by atoms with van der Waals surface area (Å²) in [5.41, 5.74) is 1.86. The Morgan fingerprint density at radius 1 is 1.40 bits per heavy atom. The van der Waals surface area contributed by atoms with Crippen molar-refractivity contribution in [3.63, 3.8) is 0 Å². The lowest BCUT2D eigenvalue weighted by Crippen LogP contribution is -2.21. The van der Waals surface area contributed by atoms with E-state index < -0.39 is 6.10 Å². The fourth-order valence-electron chi connectivity index (χ4n) is 2.91. The highest BCUT2D eigenvalue weighted by Crippen LogP contribution is 2.34. The van der Waals surface area contributed by atoms with Gasteiger partial charge in [0.1, 0.15) is 0 Å². The smallest absolute Gasteiger partial charge is 0.0874 e. The predicted molar refractivity (Wildman–Crippen MR) is 76.7 cm³/mol. The maximum atomic E-state index is 10.5. The van der Waals surface area contributed by atoms with Gasteiger partial charge in [0, 0.05) is 24.3 Å². The molecule has 4 nitrogen and oxygen atoms in total. The second-order valence-electron chi connectivity index (χ2n) is 5.27. The van der Waals surface area contributed by atoms with E-state index in [2.05, 4.69) is 12.0 Å². The Hall–Kier alpha value is -1.65. The molecule has 0 saturated carbocycles. The number of nitrogens with zero attached hydrogens (tertiary/aromatic N) is 2. The average Bonchev–Trinajstić information content (AvgIpc) is 3.16. The number of benzene rings is 1. The van der Waals surface area contributed by atoms with E-state index in [0.29, 0.717) is 0 Å². The van der Waals surface area contributed by atoms with E-state index in [0.717, 1.165) is 30.7 Å². The van der Waals surface area contributed by atoms with E-state index in [-0.39, 0.29) is 12.0 Å². The number of para-hydroxylation sites is 1. The maximum Gasteiger partial charge on any atom is 0.0874 e. The molecule has 1 aromatic heterocycles. The average molecular weight is 272 g/mol. The SMILES string of the molecule is CCC1OCCC1C(O)c1cnn(-c2ccccc2)c1. The molecule has 0 bridgehead atoms. The van der Waals surface area contributed by atoms with Gasteiger partial charge in [-0.05, 0) is 25.0 Å². The number of aliphatic hydroxyl groups excluding tert-OH is 1. The number of hydrogen-bond acceptors (Lipinski definition) is 3. The summed E-state index contributed by atoms with van der Waals surface area (Å²) in [5.74, 6) is 0.174. The quantitative estimate of drug-likeness (QED) is 0.931. The molecule has 1 aliphatic heterocycles. The Bertz CT molecular complexity index is 553. The van der Waals surface area contributed by atoms with Crippen LogP contribution in [-0.2, 0) is 4.74 Å². The highest BCUT2D eigenvalue weighted by atomic mass is 16.5. The van der Waals surface area contributed by atoms with Crippen molar-refractivity contribution < 1.29 is 9.84 Å². The van der Waals surface area contributed by atoms with Crippen molar-refractivity contribution in [1.29, 1.82) is 0 Å². The zero-order valence-electron chi connectivity index (χ0n) is 11.6. The number of ether oxygens (including phenoxy) is 1. The first-order chi connectivity index (χ1) is 9.79. The molecule has 3 atom stereocenters. The third kappa shape index (κ3) is 2.49. The molecule has 106 valence electrons. The summed E-state index contributed by atoms with van der Waals surface area (Å²) >= 11 is 0. The van der Waals surface area contributed by atoms with Crippen LogP contribution in [-0.4, -0.2) is 27.6 Å². The molecule has 3 unspecified atom stereocenters. The van der Waals surface area contributed by atoms with Crippen LogP contribution in [0.4, 0.5) is 0 Å². The normalized spacial score (nSPS) is 23.9. The Kier molecular flexibility index (Phi) is 3.85. The molecular weight excluding hydrogens is 252 g/mol. The fourth-order valence-corrected chi connectivity index (χ4v) is 2.91. The van der Waals surface area contributed by atoms with Crippen molar-refractivity contribution >= 4 is 0 Å². The van der Waals surface area contributed by atoms with Crippen molar-refractivity contribution in [2.24, 2.45) is 5.92 Å². The van der Waals surface area contributed by atoms with Crippen molar-refractivity contribution in [2.45, 2.75) is 32.0 Å². The molecule has 0 aliphatic carbocycles. The Labute approximate surface area is 119 Å². The third-order valence-electron chi connectivity index (χ3n) is 4.03. The predicted octanol–water partition coefficient (Wildman–Crippen LogP) is 2.72. The van der Waals surface area contributed by atoms with E-state index in [1.165, 1.54) is 0 Å². The van der Waals surface area contributed by atoms with Gasteiger partial charge in [0.2, 0.25) is 0 Å². The Morgan fingerprint density at radius 3 is 2.95 bits per heavy atom. The van der Waals surface area contributed by atoms with Crippen LogP contribution in [0, 0.1) is 5.92 Å². The van der Waals surface area contributed by atoms with Crippen molar-refractivity contribution in [3.8, 4) is 5.69 Å². The number of rotatable bonds is 4. The molecule has 1 aromatic carbocycles. The van der Waals surface area contributed by atoms with Crippen LogP contribution in [0.2, 0.25) is 0 Å². The summed E-state index contributed by atoms with van der Waals surface area (Å²) in [4.78, 5) is 0. The van der Waals surface area contributed by atoms with Gasteiger partial charge in [0.05, 0.1) is 24.1 Å². The van der Waals surface area contributed by atoms with Crippen LogP contribution in [0.5, 0.6) is 0 Å². The van der Waals surface area contributed by atoms with Gasteiger partial charge in [0.15, 0.2) is 0 Å². The zero-order valence-corrected chi connectivity index (χ0v) is 11.6. The van der Waals surface area contributed by atoms with Crippen LogP contribution < -0.4 is 0 Å². The van der Waals surface area contributed by atoms with Gasteiger partial charge in [-0.25, -0.2) is 4.68 Å². The standard InChI is InChI=1S/C16H20N2O2/c1-2-15-14(8-9-20-15)16(19)12-10-17-18(11-12)13-6-4-3-5-7-13/h3-7,10-11,14-16,19H,2,8-9H2,1H3. The molecule has 3 rings (SSSR count). The summed E-state index contributed by atoms with van der Waals surface area (Å²) < 4.78 is 7.46. The molecule has 20 heavy (non-hydrogen) atoms. The molecule has 1 saturated heterocycles. The second-order valence-corrected chi connectivity index (χ2v) is 5.27. The van der Waals surface area contributed by atoms with E-state index in [1.54, 1.807) is 10.9 Å². The number of aliphatic hydroxyl groups is 1. The van der Waals surface area contributed by atoms with Crippen LogP contribution >= 0.6 is 0 Å². The minimum absolute atomic E-state index is 0.157. The maximum absolute atomic E-state index is 10.5. The summed E-state index contributed by atoms with van der Waals surface area (Å²) in [7, 11) is 0. The monoisotopic (exact) mass is 272 g/mol. The van der Waals surface area contributed by atoms with Crippen LogP contribution in [0.25, 0.3) is 5.69 Å². The van der Waals surface area contributed by atoms with E-state index in [9.17, 15) is 5.11 Å². The van der Waals surface area contributed by atoms with Gasteiger partial charge in [-0.1, -0.05) is 25.1 Å². The molecular formula is C16H20N2O2. The van der Waals surface area contributed by atoms with E-state index in [1.807, 2.05) is 36.5 Å². The minimum atomic E-state index is -0.500.